The molecule has 0 radical (unpaired) electrons. The van der Waals surface area contributed by atoms with Crippen molar-refractivity contribution in [2.75, 3.05) is 39.4 Å². The molecule has 0 aromatic carbocycles. The van der Waals surface area contributed by atoms with Crippen molar-refractivity contribution in [3.8, 4) is 0 Å². The van der Waals surface area contributed by atoms with Crippen molar-refractivity contribution in [1.82, 2.24) is 13.9 Å². The van der Waals surface area contributed by atoms with Crippen LogP contribution in [0.1, 0.15) is 32.1 Å². The van der Waals surface area contributed by atoms with Crippen LogP contribution in [0.4, 0.5) is 0 Å². The highest BCUT2D eigenvalue weighted by atomic mass is 32.2. The van der Waals surface area contributed by atoms with E-state index in [0.717, 1.165) is 12.8 Å². The molecule has 8 heteroatoms. The Labute approximate surface area is 132 Å². The van der Waals surface area contributed by atoms with Crippen LogP contribution in [0.2, 0.25) is 0 Å². The Morgan fingerprint density at radius 1 is 1.18 bits per heavy atom. The summed E-state index contributed by atoms with van der Waals surface area (Å²) in [6.07, 6.45) is 5.05. The lowest BCUT2D eigenvalue weighted by Gasteiger charge is -2.27. The van der Waals surface area contributed by atoms with Gasteiger partial charge >= 0.3 is 0 Å². The monoisotopic (exact) mass is 331 g/mol. The summed E-state index contributed by atoms with van der Waals surface area (Å²) in [5.74, 6) is 0.270. The second-order valence-corrected chi connectivity index (χ2v) is 8.17. The SMILES string of the molecule is O=C1C[C@H](CNS(=O)(=O)N2CCOCC2)CN1C1CCCC1. The standard InChI is InChI=1S/C14H25N3O4S/c18-14-9-12(11-17(14)13-3-1-2-4-13)10-15-22(19,20)16-5-7-21-8-6-16/h12-13,15H,1-11H2/t12-/m1/s1. The molecule has 126 valence electrons. The van der Waals surface area contributed by atoms with Gasteiger partial charge in [-0.2, -0.15) is 12.7 Å². The van der Waals surface area contributed by atoms with Gasteiger partial charge in [0.15, 0.2) is 0 Å². The van der Waals surface area contributed by atoms with Crippen LogP contribution in [-0.2, 0) is 19.7 Å². The maximum atomic E-state index is 12.2. The molecule has 3 rings (SSSR count). The molecule has 0 aromatic rings. The van der Waals surface area contributed by atoms with Crippen LogP contribution in [0.3, 0.4) is 0 Å². The highest BCUT2D eigenvalue weighted by molar-refractivity contribution is 7.87. The zero-order valence-electron chi connectivity index (χ0n) is 12.9. The molecule has 1 atom stereocenters. The van der Waals surface area contributed by atoms with E-state index in [2.05, 4.69) is 4.72 Å². The number of hydrogen-bond acceptors (Lipinski definition) is 4. The minimum atomic E-state index is -3.45. The van der Waals surface area contributed by atoms with Gasteiger partial charge in [0.25, 0.3) is 10.2 Å². The molecule has 0 spiro atoms. The molecule has 22 heavy (non-hydrogen) atoms. The van der Waals surface area contributed by atoms with Gasteiger partial charge in [0.05, 0.1) is 13.2 Å². The molecule has 1 N–H and O–H groups in total. The van der Waals surface area contributed by atoms with Crippen molar-refractivity contribution in [3.63, 3.8) is 0 Å². The first-order chi connectivity index (χ1) is 10.6. The number of nitrogens with zero attached hydrogens (tertiary/aromatic N) is 2. The quantitative estimate of drug-likeness (QED) is 0.766. The number of carbonyl (C=O) groups is 1. The smallest absolute Gasteiger partial charge is 0.279 e. The second-order valence-electron chi connectivity index (χ2n) is 6.42. The van der Waals surface area contributed by atoms with Gasteiger partial charge in [0.1, 0.15) is 0 Å². The number of rotatable bonds is 5. The fourth-order valence-corrected chi connectivity index (χ4v) is 4.87. The van der Waals surface area contributed by atoms with Crippen molar-refractivity contribution in [2.24, 2.45) is 5.92 Å². The third kappa shape index (κ3) is 3.61. The van der Waals surface area contributed by atoms with Crippen LogP contribution in [0.5, 0.6) is 0 Å². The van der Waals surface area contributed by atoms with Gasteiger partial charge in [0.2, 0.25) is 5.91 Å². The Kier molecular flexibility index (Phi) is 5.01. The number of morpholine rings is 1. The molecule has 1 aliphatic carbocycles. The summed E-state index contributed by atoms with van der Waals surface area (Å²) < 4.78 is 33.7. The molecule has 2 heterocycles. The maximum absolute atomic E-state index is 12.2. The molecular formula is C14H25N3O4S. The molecular weight excluding hydrogens is 306 g/mol. The Morgan fingerprint density at radius 3 is 2.55 bits per heavy atom. The second kappa shape index (κ2) is 6.82. The molecule has 0 unspecified atom stereocenters. The van der Waals surface area contributed by atoms with Crippen molar-refractivity contribution in [3.05, 3.63) is 0 Å². The minimum absolute atomic E-state index is 0.0870. The van der Waals surface area contributed by atoms with Crippen LogP contribution < -0.4 is 4.72 Å². The zero-order valence-corrected chi connectivity index (χ0v) is 13.7. The number of nitrogens with one attached hydrogen (secondary N) is 1. The van der Waals surface area contributed by atoms with E-state index in [-0.39, 0.29) is 11.8 Å². The predicted octanol–water partition coefficient (Wildman–Crippen LogP) is -0.0559. The predicted molar refractivity (Wildman–Crippen MR) is 81.4 cm³/mol. The van der Waals surface area contributed by atoms with Crippen LogP contribution in [0.25, 0.3) is 0 Å². The summed E-state index contributed by atoms with van der Waals surface area (Å²) in [6.45, 7) is 2.71. The average molecular weight is 331 g/mol. The molecule has 1 saturated carbocycles. The molecule has 1 amide bonds. The highest BCUT2D eigenvalue weighted by Crippen LogP contribution is 2.29. The topological polar surface area (TPSA) is 79.0 Å². The van der Waals surface area contributed by atoms with E-state index in [0.29, 0.717) is 51.9 Å². The molecule has 2 aliphatic heterocycles. The van der Waals surface area contributed by atoms with E-state index in [1.165, 1.54) is 17.1 Å². The van der Waals surface area contributed by atoms with Gasteiger partial charge in [-0.05, 0) is 18.8 Å². The Hall–Kier alpha value is -0.700. The third-order valence-electron chi connectivity index (χ3n) is 4.87. The number of likely N-dealkylation sites (tertiary alicyclic amines) is 1. The Balaban J connectivity index is 1.50. The van der Waals surface area contributed by atoms with E-state index in [4.69, 9.17) is 4.74 Å². The Bertz CT molecular complexity index is 498. The van der Waals surface area contributed by atoms with Crippen molar-refractivity contribution < 1.29 is 17.9 Å². The lowest BCUT2D eigenvalue weighted by molar-refractivity contribution is -0.129. The van der Waals surface area contributed by atoms with Gasteiger partial charge in [-0.1, -0.05) is 12.8 Å². The summed E-state index contributed by atoms with van der Waals surface area (Å²) in [6, 6.07) is 0.383. The first-order valence-corrected chi connectivity index (χ1v) is 9.62. The largest absolute Gasteiger partial charge is 0.379 e. The molecule has 0 aromatic heterocycles. The molecule has 3 aliphatic rings. The minimum Gasteiger partial charge on any atom is -0.379 e. The summed E-state index contributed by atoms with van der Waals surface area (Å²) in [5.41, 5.74) is 0. The lowest BCUT2D eigenvalue weighted by Crippen LogP contribution is -2.47. The molecule has 2 saturated heterocycles. The maximum Gasteiger partial charge on any atom is 0.279 e. The van der Waals surface area contributed by atoms with Crippen molar-refractivity contribution >= 4 is 16.1 Å². The summed E-state index contributed by atoms with van der Waals surface area (Å²) in [7, 11) is -3.45. The lowest BCUT2D eigenvalue weighted by atomic mass is 10.1. The fourth-order valence-electron chi connectivity index (χ4n) is 3.62. The number of amides is 1. The normalized spacial score (nSPS) is 28.6. The number of carbonyl (C=O) groups excluding carboxylic acids is 1. The van der Waals surface area contributed by atoms with Gasteiger partial charge in [-0.3, -0.25) is 4.79 Å². The van der Waals surface area contributed by atoms with Gasteiger partial charge < -0.3 is 9.64 Å². The summed E-state index contributed by atoms with van der Waals surface area (Å²) in [5, 5.41) is 0. The van der Waals surface area contributed by atoms with Crippen LogP contribution in [0.15, 0.2) is 0 Å². The van der Waals surface area contributed by atoms with Crippen LogP contribution >= 0.6 is 0 Å². The average Bonchev–Trinajstić information content (AvgIpc) is 3.15. The van der Waals surface area contributed by atoms with Crippen LogP contribution in [0, 0.1) is 5.92 Å². The molecule has 3 fully saturated rings. The third-order valence-corrected chi connectivity index (χ3v) is 6.44. The first-order valence-electron chi connectivity index (χ1n) is 8.18. The van der Waals surface area contributed by atoms with E-state index in [1.807, 2.05) is 4.90 Å². The van der Waals surface area contributed by atoms with E-state index in [1.54, 1.807) is 0 Å². The van der Waals surface area contributed by atoms with Crippen molar-refractivity contribution in [2.45, 2.75) is 38.1 Å². The fraction of sp³-hybridized carbons (Fsp3) is 0.929. The van der Waals surface area contributed by atoms with E-state index >= 15 is 0 Å². The first kappa shape index (κ1) is 16.2. The summed E-state index contributed by atoms with van der Waals surface area (Å²) >= 11 is 0. The van der Waals surface area contributed by atoms with Gasteiger partial charge in [0, 0.05) is 38.6 Å². The summed E-state index contributed by atoms with van der Waals surface area (Å²) in [4.78, 5) is 14.1. The van der Waals surface area contributed by atoms with Crippen molar-refractivity contribution in [1.29, 1.82) is 0 Å². The molecule has 0 bridgehead atoms. The van der Waals surface area contributed by atoms with Crippen LogP contribution in [-0.4, -0.2) is 69.0 Å². The number of hydrogen-bond donors (Lipinski definition) is 1. The molecule has 7 nitrogen and oxygen atoms in total. The van der Waals surface area contributed by atoms with E-state index < -0.39 is 10.2 Å². The number of ether oxygens (including phenoxy) is 1. The highest BCUT2D eigenvalue weighted by Gasteiger charge is 2.36. The Morgan fingerprint density at radius 2 is 1.86 bits per heavy atom. The van der Waals surface area contributed by atoms with Gasteiger partial charge in [-0.15, -0.1) is 0 Å². The van der Waals surface area contributed by atoms with E-state index in [9.17, 15) is 13.2 Å². The van der Waals surface area contributed by atoms with Gasteiger partial charge in [-0.25, -0.2) is 4.72 Å². The zero-order chi connectivity index (χ0) is 15.6.